The molecule has 0 radical (unpaired) electrons. The molecule has 0 saturated heterocycles. The van der Waals surface area contributed by atoms with E-state index in [4.69, 9.17) is 11.7 Å². The number of unbranched alkanes of at least 4 members (excludes halogenated alkanes) is 1. The zero-order valence-electron chi connectivity index (χ0n) is 16.3. The van der Waals surface area contributed by atoms with Crippen LogP contribution < -0.4 is 11.7 Å². The van der Waals surface area contributed by atoms with E-state index >= 15 is 0 Å². The summed E-state index contributed by atoms with van der Waals surface area (Å²) in [4.78, 5) is 0. The fourth-order valence-electron chi connectivity index (χ4n) is 2.85. The van der Waals surface area contributed by atoms with E-state index in [0.29, 0.717) is 11.6 Å². The molecule has 2 aromatic heterocycles. The second kappa shape index (κ2) is 9.68. The maximum Gasteiger partial charge on any atom is 0.210 e. The van der Waals surface area contributed by atoms with Crippen molar-refractivity contribution in [2.24, 2.45) is 0 Å². The van der Waals surface area contributed by atoms with Gasteiger partial charge in [-0.2, -0.15) is 0 Å². The summed E-state index contributed by atoms with van der Waals surface area (Å²) in [5.41, 5.74) is 1.91. The van der Waals surface area contributed by atoms with Gasteiger partial charge in [-0.25, -0.2) is 9.35 Å². The Morgan fingerprint density at radius 1 is 0.600 bits per heavy atom. The summed E-state index contributed by atoms with van der Waals surface area (Å²) in [6, 6.07) is 19.6. The molecule has 4 aromatic rings. The molecule has 10 heteroatoms. The van der Waals surface area contributed by atoms with Gasteiger partial charge in [-0.1, -0.05) is 84.2 Å². The normalized spacial score (nSPS) is 11.1. The lowest BCUT2D eigenvalue weighted by atomic mass is 10.2. The van der Waals surface area contributed by atoms with E-state index in [1.807, 2.05) is 60.7 Å². The van der Waals surface area contributed by atoms with Gasteiger partial charge in [0.1, 0.15) is 0 Å². The summed E-state index contributed by atoms with van der Waals surface area (Å²) < 4.78 is 3.10. The lowest BCUT2D eigenvalue weighted by molar-refractivity contribution is 0.834. The molecule has 8 nitrogen and oxygen atoms in total. The number of nitrogens with two attached hydrogens (primary N) is 2. The second-order valence-corrected chi connectivity index (χ2v) is 8.61. The van der Waals surface area contributed by atoms with Gasteiger partial charge in [-0.05, 0) is 12.8 Å². The van der Waals surface area contributed by atoms with E-state index < -0.39 is 0 Å². The van der Waals surface area contributed by atoms with Crippen LogP contribution in [0.5, 0.6) is 0 Å². The lowest BCUT2D eigenvalue weighted by Gasteiger charge is -2.04. The highest BCUT2D eigenvalue weighted by Gasteiger charge is 2.13. The van der Waals surface area contributed by atoms with Crippen molar-refractivity contribution in [2.75, 3.05) is 23.2 Å². The first-order valence-corrected chi connectivity index (χ1v) is 11.5. The summed E-state index contributed by atoms with van der Waals surface area (Å²) >= 11 is 3.22. The van der Waals surface area contributed by atoms with E-state index in [1.54, 1.807) is 32.9 Å². The number of hydrogen-bond acceptors (Lipinski definition) is 8. The van der Waals surface area contributed by atoms with E-state index in [1.165, 1.54) is 0 Å². The first-order valence-electron chi connectivity index (χ1n) is 9.51. The molecule has 2 aromatic carbocycles. The van der Waals surface area contributed by atoms with Crippen molar-refractivity contribution in [1.82, 2.24) is 29.7 Å². The molecule has 0 saturated carbocycles. The van der Waals surface area contributed by atoms with Crippen molar-refractivity contribution >= 4 is 23.5 Å². The number of hydrogen-bond donors (Lipinski definition) is 2. The van der Waals surface area contributed by atoms with Crippen LogP contribution in [0.2, 0.25) is 0 Å². The van der Waals surface area contributed by atoms with Crippen molar-refractivity contribution in [2.45, 2.75) is 23.2 Å². The van der Waals surface area contributed by atoms with Crippen molar-refractivity contribution < 1.29 is 0 Å². The molecule has 0 aliphatic heterocycles. The Kier molecular flexibility index (Phi) is 6.55. The van der Waals surface area contributed by atoms with Gasteiger partial charge in [-0.3, -0.25) is 0 Å². The van der Waals surface area contributed by atoms with Crippen LogP contribution in [0.4, 0.5) is 0 Å². The third kappa shape index (κ3) is 4.60. The van der Waals surface area contributed by atoms with Crippen molar-refractivity contribution in [1.29, 1.82) is 0 Å². The van der Waals surface area contributed by atoms with E-state index in [-0.39, 0.29) is 0 Å². The molecule has 154 valence electrons. The fraction of sp³-hybridized carbons (Fsp3) is 0.200. The molecule has 0 spiro atoms. The molecule has 0 bridgehead atoms. The molecule has 0 unspecified atom stereocenters. The Morgan fingerprint density at radius 2 is 1.00 bits per heavy atom. The maximum absolute atomic E-state index is 6.15. The molecular formula is C20H22N8S2. The predicted molar refractivity (Wildman–Crippen MR) is 122 cm³/mol. The molecular weight excluding hydrogens is 416 g/mol. The van der Waals surface area contributed by atoms with Crippen LogP contribution in [0.1, 0.15) is 12.8 Å². The molecule has 4 rings (SSSR count). The highest BCUT2D eigenvalue weighted by atomic mass is 32.2. The standard InChI is InChI=1S/C20H22N8S2/c21-27-17(15-9-3-1-4-10-15)23-25-19(27)29-13-7-8-14-30-20-26-24-18(28(20)22)16-11-5-2-6-12-16/h1-6,9-12H,7-8,13-14,21-22H2. The van der Waals surface area contributed by atoms with Crippen LogP contribution in [-0.4, -0.2) is 41.3 Å². The molecule has 0 amide bonds. The highest BCUT2D eigenvalue weighted by molar-refractivity contribution is 7.99. The monoisotopic (exact) mass is 438 g/mol. The zero-order valence-corrected chi connectivity index (χ0v) is 17.9. The number of nitrogen functional groups attached to an aromatic ring is 2. The summed E-state index contributed by atoms with van der Waals surface area (Å²) in [7, 11) is 0. The number of nitrogens with zero attached hydrogens (tertiary/aromatic N) is 6. The lowest BCUT2D eigenvalue weighted by Crippen LogP contribution is -2.12. The average molecular weight is 439 g/mol. The molecule has 0 fully saturated rings. The topological polar surface area (TPSA) is 113 Å². The van der Waals surface area contributed by atoms with Crippen LogP contribution in [-0.2, 0) is 0 Å². The smallest absolute Gasteiger partial charge is 0.210 e. The van der Waals surface area contributed by atoms with Crippen LogP contribution >= 0.6 is 23.5 Å². The first kappa shape index (κ1) is 20.3. The Hall–Kier alpha value is -2.98. The number of rotatable bonds is 9. The molecule has 30 heavy (non-hydrogen) atoms. The van der Waals surface area contributed by atoms with Crippen molar-refractivity contribution in [3.63, 3.8) is 0 Å². The van der Waals surface area contributed by atoms with Gasteiger partial charge in [0.05, 0.1) is 0 Å². The number of aromatic nitrogens is 6. The Labute approximate surface area is 183 Å². The predicted octanol–water partition coefficient (Wildman–Crippen LogP) is 3.30. The van der Waals surface area contributed by atoms with Gasteiger partial charge in [0.15, 0.2) is 11.6 Å². The van der Waals surface area contributed by atoms with Gasteiger partial charge in [0.25, 0.3) is 0 Å². The van der Waals surface area contributed by atoms with Crippen LogP contribution in [0.3, 0.4) is 0 Å². The van der Waals surface area contributed by atoms with E-state index in [9.17, 15) is 0 Å². The van der Waals surface area contributed by atoms with Gasteiger partial charge in [0, 0.05) is 22.6 Å². The minimum Gasteiger partial charge on any atom is -0.335 e. The third-order valence-electron chi connectivity index (χ3n) is 4.39. The number of benzene rings is 2. The fourth-order valence-corrected chi connectivity index (χ4v) is 4.56. The van der Waals surface area contributed by atoms with Crippen LogP contribution in [0.25, 0.3) is 22.8 Å². The quantitative estimate of drug-likeness (QED) is 0.232. The van der Waals surface area contributed by atoms with Gasteiger partial charge < -0.3 is 11.7 Å². The van der Waals surface area contributed by atoms with Crippen molar-refractivity contribution in [3.8, 4) is 22.8 Å². The highest BCUT2D eigenvalue weighted by Crippen LogP contribution is 2.24. The Bertz CT molecular complexity index is 991. The second-order valence-electron chi connectivity index (χ2n) is 6.49. The Morgan fingerprint density at radius 3 is 1.40 bits per heavy atom. The molecule has 0 aliphatic carbocycles. The summed E-state index contributed by atoms with van der Waals surface area (Å²) in [6.07, 6.45) is 2.05. The SMILES string of the molecule is Nn1c(SCCCCSc2nnc(-c3ccccc3)n2N)nnc1-c1ccccc1. The molecule has 2 heterocycles. The largest absolute Gasteiger partial charge is 0.335 e. The minimum absolute atomic E-state index is 0.671. The summed E-state index contributed by atoms with van der Waals surface area (Å²) in [5.74, 6) is 15.5. The maximum atomic E-state index is 6.15. The van der Waals surface area contributed by atoms with Crippen LogP contribution in [0, 0.1) is 0 Å². The molecule has 4 N–H and O–H groups in total. The third-order valence-corrected chi connectivity index (χ3v) is 6.45. The first-order chi connectivity index (χ1) is 14.7. The zero-order chi connectivity index (χ0) is 20.8. The van der Waals surface area contributed by atoms with Gasteiger partial charge >= 0.3 is 0 Å². The van der Waals surface area contributed by atoms with Gasteiger partial charge in [-0.15, -0.1) is 20.4 Å². The van der Waals surface area contributed by atoms with Gasteiger partial charge in [0.2, 0.25) is 10.3 Å². The number of thioether (sulfide) groups is 2. The minimum atomic E-state index is 0.671. The van der Waals surface area contributed by atoms with Crippen LogP contribution in [0.15, 0.2) is 71.0 Å². The van der Waals surface area contributed by atoms with E-state index in [2.05, 4.69) is 20.4 Å². The van der Waals surface area contributed by atoms with E-state index in [0.717, 1.165) is 45.8 Å². The Balaban J connectivity index is 1.22. The average Bonchev–Trinajstić information content (AvgIpc) is 3.34. The molecule has 0 aliphatic rings. The summed E-state index contributed by atoms with van der Waals surface area (Å²) in [5, 5.41) is 18.3. The van der Waals surface area contributed by atoms with Crippen molar-refractivity contribution in [3.05, 3.63) is 60.7 Å². The summed E-state index contributed by atoms with van der Waals surface area (Å²) in [6.45, 7) is 0. The molecule has 0 atom stereocenters.